The maximum absolute atomic E-state index is 13.2. The van der Waals surface area contributed by atoms with Gasteiger partial charge in [0.1, 0.15) is 5.82 Å². The van der Waals surface area contributed by atoms with Gasteiger partial charge in [0.05, 0.1) is 0 Å². The number of rotatable bonds is 4. The third kappa shape index (κ3) is 3.79. The summed E-state index contributed by atoms with van der Waals surface area (Å²) < 4.78 is 14.1. The molecule has 0 saturated heterocycles. The van der Waals surface area contributed by atoms with E-state index in [2.05, 4.69) is 15.9 Å². The highest BCUT2D eigenvalue weighted by Gasteiger charge is 2.16. The van der Waals surface area contributed by atoms with E-state index in [1.54, 1.807) is 12.1 Å². The molecule has 0 heterocycles. The number of hydrogen-bond donors (Lipinski definition) is 1. The first kappa shape index (κ1) is 14.0. The van der Waals surface area contributed by atoms with Gasteiger partial charge in [0.25, 0.3) is 0 Å². The lowest BCUT2D eigenvalue weighted by atomic mass is 9.84. The van der Waals surface area contributed by atoms with Crippen LogP contribution < -0.4 is 5.73 Å². The van der Waals surface area contributed by atoms with Crippen LogP contribution in [0.4, 0.5) is 4.39 Å². The van der Waals surface area contributed by atoms with E-state index < -0.39 is 0 Å². The van der Waals surface area contributed by atoms with Crippen LogP contribution in [0.2, 0.25) is 0 Å². The van der Waals surface area contributed by atoms with E-state index in [0.717, 1.165) is 22.4 Å². The second kappa shape index (κ2) is 6.67. The van der Waals surface area contributed by atoms with Gasteiger partial charge in [-0.2, -0.15) is 0 Å². The first-order valence-corrected chi connectivity index (χ1v) is 7.66. The first-order valence-electron chi connectivity index (χ1n) is 6.87. The van der Waals surface area contributed by atoms with Crippen LogP contribution in [-0.2, 0) is 0 Å². The highest BCUT2D eigenvalue weighted by molar-refractivity contribution is 9.10. The third-order valence-corrected chi connectivity index (χ3v) is 4.69. The minimum Gasteiger partial charge on any atom is -0.324 e. The van der Waals surface area contributed by atoms with Crippen molar-refractivity contribution in [3.63, 3.8) is 0 Å². The molecule has 18 heavy (non-hydrogen) atoms. The molecule has 0 aromatic heterocycles. The van der Waals surface area contributed by atoms with E-state index >= 15 is 0 Å². The minimum absolute atomic E-state index is 0.0583. The fraction of sp³-hybridized carbons (Fsp3) is 0.600. The number of halogens is 2. The molecule has 0 radical (unpaired) electrons. The molecule has 0 amide bonds. The standard InChI is InChI=1S/C15H21BrFN/c16-14-8-7-12(17)10-13(14)15(18)9-6-11-4-2-1-3-5-11/h7-8,10-11,15H,1-6,9,18H2. The van der Waals surface area contributed by atoms with Gasteiger partial charge < -0.3 is 5.73 Å². The predicted molar refractivity (Wildman–Crippen MR) is 76.8 cm³/mol. The Labute approximate surface area is 117 Å². The van der Waals surface area contributed by atoms with Gasteiger partial charge in [-0.25, -0.2) is 4.39 Å². The molecule has 1 aliphatic rings. The Morgan fingerprint density at radius 2 is 2.00 bits per heavy atom. The van der Waals surface area contributed by atoms with Crippen molar-refractivity contribution in [2.75, 3.05) is 0 Å². The zero-order chi connectivity index (χ0) is 13.0. The van der Waals surface area contributed by atoms with Crippen LogP contribution in [0, 0.1) is 11.7 Å². The Hall–Kier alpha value is -0.410. The van der Waals surface area contributed by atoms with Crippen LogP contribution in [0.5, 0.6) is 0 Å². The van der Waals surface area contributed by atoms with E-state index in [4.69, 9.17) is 5.73 Å². The zero-order valence-electron chi connectivity index (χ0n) is 10.7. The summed E-state index contributed by atoms with van der Waals surface area (Å²) in [7, 11) is 0. The smallest absolute Gasteiger partial charge is 0.123 e. The van der Waals surface area contributed by atoms with E-state index in [1.807, 2.05) is 0 Å². The summed E-state index contributed by atoms with van der Waals surface area (Å²) in [6, 6.07) is 4.69. The Morgan fingerprint density at radius 3 is 2.72 bits per heavy atom. The summed E-state index contributed by atoms with van der Waals surface area (Å²) in [6.07, 6.45) is 8.93. The Balaban J connectivity index is 1.90. The molecule has 1 nitrogen and oxygen atoms in total. The summed E-state index contributed by atoms with van der Waals surface area (Å²) in [5.74, 6) is 0.624. The van der Waals surface area contributed by atoms with Crippen molar-refractivity contribution in [1.82, 2.24) is 0 Å². The zero-order valence-corrected chi connectivity index (χ0v) is 12.3. The second-order valence-corrected chi connectivity index (χ2v) is 6.21. The molecule has 1 aromatic carbocycles. The van der Waals surface area contributed by atoms with Crippen LogP contribution in [0.1, 0.15) is 56.6 Å². The molecule has 100 valence electrons. The molecule has 1 atom stereocenters. The van der Waals surface area contributed by atoms with Crippen molar-refractivity contribution in [1.29, 1.82) is 0 Å². The van der Waals surface area contributed by atoms with Gasteiger partial charge >= 0.3 is 0 Å². The number of benzene rings is 1. The average Bonchev–Trinajstić information content (AvgIpc) is 2.40. The maximum Gasteiger partial charge on any atom is 0.123 e. The largest absolute Gasteiger partial charge is 0.324 e. The molecule has 0 aliphatic heterocycles. The molecule has 1 saturated carbocycles. The Kier molecular flexibility index (Phi) is 5.19. The summed E-state index contributed by atoms with van der Waals surface area (Å²) >= 11 is 3.45. The van der Waals surface area contributed by atoms with Crippen molar-refractivity contribution in [3.05, 3.63) is 34.1 Å². The molecule has 1 fully saturated rings. The summed E-state index contributed by atoms with van der Waals surface area (Å²) in [4.78, 5) is 0. The van der Waals surface area contributed by atoms with E-state index in [9.17, 15) is 4.39 Å². The fourth-order valence-corrected chi connectivity index (χ4v) is 3.39. The monoisotopic (exact) mass is 313 g/mol. The Morgan fingerprint density at radius 1 is 1.28 bits per heavy atom. The van der Waals surface area contributed by atoms with Crippen LogP contribution >= 0.6 is 15.9 Å². The van der Waals surface area contributed by atoms with Crippen molar-refractivity contribution in [2.24, 2.45) is 11.7 Å². The van der Waals surface area contributed by atoms with Gasteiger partial charge in [-0.15, -0.1) is 0 Å². The van der Waals surface area contributed by atoms with Crippen molar-refractivity contribution < 1.29 is 4.39 Å². The number of hydrogen-bond acceptors (Lipinski definition) is 1. The van der Waals surface area contributed by atoms with Crippen LogP contribution in [0.3, 0.4) is 0 Å². The lowest BCUT2D eigenvalue weighted by molar-refractivity contribution is 0.324. The molecule has 1 aliphatic carbocycles. The van der Waals surface area contributed by atoms with Gasteiger partial charge in [-0.3, -0.25) is 0 Å². The van der Waals surface area contributed by atoms with Gasteiger partial charge in [0.2, 0.25) is 0 Å². The van der Waals surface area contributed by atoms with Crippen LogP contribution in [0.15, 0.2) is 22.7 Å². The van der Waals surface area contributed by atoms with Gasteiger partial charge in [0, 0.05) is 10.5 Å². The van der Waals surface area contributed by atoms with Crippen molar-refractivity contribution >= 4 is 15.9 Å². The summed E-state index contributed by atoms with van der Waals surface area (Å²) in [5, 5.41) is 0. The first-order chi connectivity index (χ1) is 8.66. The normalized spacial score (nSPS) is 18.8. The third-order valence-electron chi connectivity index (χ3n) is 3.97. The van der Waals surface area contributed by atoms with Crippen LogP contribution in [0.25, 0.3) is 0 Å². The molecular formula is C15H21BrFN. The summed E-state index contributed by atoms with van der Waals surface area (Å²) in [6.45, 7) is 0. The van der Waals surface area contributed by atoms with E-state index in [1.165, 1.54) is 44.6 Å². The molecule has 0 spiro atoms. The molecular weight excluding hydrogens is 293 g/mol. The predicted octanol–water partition coefficient (Wildman–Crippen LogP) is 4.95. The van der Waals surface area contributed by atoms with E-state index in [-0.39, 0.29) is 11.9 Å². The molecule has 0 bridgehead atoms. The molecule has 2 rings (SSSR count). The molecule has 1 aromatic rings. The van der Waals surface area contributed by atoms with Crippen molar-refractivity contribution in [2.45, 2.75) is 51.0 Å². The van der Waals surface area contributed by atoms with Gasteiger partial charge in [-0.1, -0.05) is 48.0 Å². The quantitative estimate of drug-likeness (QED) is 0.836. The summed E-state index contributed by atoms with van der Waals surface area (Å²) in [5.41, 5.74) is 7.08. The second-order valence-electron chi connectivity index (χ2n) is 5.35. The molecule has 2 N–H and O–H groups in total. The Bertz CT molecular complexity index is 388. The minimum atomic E-state index is -0.207. The van der Waals surface area contributed by atoms with Gasteiger partial charge in [0.15, 0.2) is 0 Å². The molecule has 3 heteroatoms. The number of nitrogens with two attached hydrogens (primary N) is 1. The highest BCUT2D eigenvalue weighted by atomic mass is 79.9. The highest BCUT2D eigenvalue weighted by Crippen LogP contribution is 2.31. The maximum atomic E-state index is 13.2. The lowest BCUT2D eigenvalue weighted by Gasteiger charge is -2.23. The lowest BCUT2D eigenvalue weighted by Crippen LogP contribution is -2.14. The molecule has 1 unspecified atom stereocenters. The SMILES string of the molecule is NC(CCC1CCCCC1)c1cc(F)ccc1Br. The fourth-order valence-electron chi connectivity index (χ4n) is 2.85. The van der Waals surface area contributed by atoms with Crippen LogP contribution in [-0.4, -0.2) is 0 Å². The van der Waals surface area contributed by atoms with Crippen molar-refractivity contribution in [3.8, 4) is 0 Å². The van der Waals surface area contributed by atoms with Gasteiger partial charge in [-0.05, 0) is 42.5 Å². The average molecular weight is 314 g/mol. The topological polar surface area (TPSA) is 26.0 Å². The van der Waals surface area contributed by atoms with E-state index in [0.29, 0.717) is 0 Å².